The summed E-state index contributed by atoms with van der Waals surface area (Å²) in [4.78, 5) is 0. The van der Waals surface area contributed by atoms with Crippen LogP contribution in [-0.4, -0.2) is 11.2 Å². The topological polar surface area (TPSA) is 20.2 Å². The average Bonchev–Trinajstić information content (AvgIpc) is 2.16. The van der Waals surface area contributed by atoms with E-state index in [1.54, 1.807) is 0 Å². The van der Waals surface area contributed by atoms with Gasteiger partial charge in [-0.3, -0.25) is 0 Å². The Bertz CT molecular complexity index is 61.4. The Morgan fingerprint density at radius 3 is 1.83 bits per heavy atom. The van der Waals surface area contributed by atoms with Crippen molar-refractivity contribution in [2.24, 2.45) is 5.92 Å². The van der Waals surface area contributed by atoms with E-state index in [9.17, 15) is 5.11 Å². The normalized spacial score (nSPS) is 14.5. The summed E-state index contributed by atoms with van der Waals surface area (Å²) in [5, 5.41) is 9.20. The molecule has 0 aromatic heterocycles. The predicted molar refractivity (Wildman–Crippen MR) is 56.3 cm³/mol. The van der Waals surface area contributed by atoms with E-state index < -0.39 is 0 Å². The summed E-state index contributed by atoms with van der Waals surface area (Å²) in [5.74, 6) is 0.779. The summed E-state index contributed by atoms with van der Waals surface area (Å²) in [7, 11) is 0. The lowest BCUT2D eigenvalue weighted by Crippen LogP contribution is -2.06. The van der Waals surface area contributed by atoms with Gasteiger partial charge in [0.1, 0.15) is 0 Å². The van der Waals surface area contributed by atoms with Crippen molar-refractivity contribution in [1.29, 1.82) is 0 Å². The highest BCUT2D eigenvalue weighted by molar-refractivity contribution is 4.56. The number of aliphatic hydroxyl groups is 1. The fourth-order valence-electron chi connectivity index (χ4n) is 0.885. The summed E-state index contributed by atoms with van der Waals surface area (Å²) in [6.45, 7) is 10.5. The standard InChI is InChI=1S/C9H20O.C2H6/c1-4-8(3)6-7-9(10)5-2;1-2/h8-10H,4-7H2,1-3H3;1-2H3. The van der Waals surface area contributed by atoms with Crippen LogP contribution in [0.1, 0.15) is 60.3 Å². The van der Waals surface area contributed by atoms with E-state index >= 15 is 0 Å². The Morgan fingerprint density at radius 1 is 1.00 bits per heavy atom. The molecule has 0 aromatic rings. The first-order chi connectivity index (χ1) is 5.70. The lowest BCUT2D eigenvalue weighted by atomic mass is 10.00. The molecule has 0 spiro atoms. The number of hydrogen-bond donors (Lipinski definition) is 1. The molecule has 0 bridgehead atoms. The molecule has 0 amide bonds. The van der Waals surface area contributed by atoms with Crippen molar-refractivity contribution >= 4 is 0 Å². The van der Waals surface area contributed by atoms with Gasteiger partial charge in [0.05, 0.1) is 6.10 Å². The largest absolute Gasteiger partial charge is 0.393 e. The number of aliphatic hydroxyl groups excluding tert-OH is 1. The fraction of sp³-hybridized carbons (Fsp3) is 1.00. The summed E-state index contributed by atoms with van der Waals surface area (Å²) >= 11 is 0. The lowest BCUT2D eigenvalue weighted by Gasteiger charge is -2.10. The van der Waals surface area contributed by atoms with Crippen LogP contribution in [0.25, 0.3) is 0 Å². The van der Waals surface area contributed by atoms with Gasteiger partial charge in [-0.25, -0.2) is 0 Å². The zero-order chi connectivity index (χ0) is 9.98. The van der Waals surface area contributed by atoms with Gasteiger partial charge in [-0.05, 0) is 25.2 Å². The second-order valence-electron chi connectivity index (χ2n) is 3.15. The molecule has 0 radical (unpaired) electrons. The minimum atomic E-state index is -0.0611. The van der Waals surface area contributed by atoms with Crippen LogP contribution < -0.4 is 0 Å². The third kappa shape index (κ3) is 9.96. The SMILES string of the molecule is CC.CCC(C)CCC(O)CC. The minimum Gasteiger partial charge on any atom is -0.393 e. The Labute approximate surface area is 78.2 Å². The fourth-order valence-corrected chi connectivity index (χ4v) is 0.885. The van der Waals surface area contributed by atoms with Gasteiger partial charge in [0.25, 0.3) is 0 Å². The van der Waals surface area contributed by atoms with Crippen LogP contribution in [-0.2, 0) is 0 Å². The molecule has 0 aliphatic carbocycles. The van der Waals surface area contributed by atoms with Crippen molar-refractivity contribution in [3.63, 3.8) is 0 Å². The molecule has 0 heterocycles. The van der Waals surface area contributed by atoms with Crippen LogP contribution in [0.4, 0.5) is 0 Å². The number of hydrogen-bond acceptors (Lipinski definition) is 1. The van der Waals surface area contributed by atoms with Crippen LogP contribution in [0, 0.1) is 5.92 Å². The first-order valence-corrected chi connectivity index (χ1v) is 5.38. The van der Waals surface area contributed by atoms with Crippen LogP contribution in [0.2, 0.25) is 0 Å². The smallest absolute Gasteiger partial charge is 0.0537 e. The molecule has 0 rings (SSSR count). The van der Waals surface area contributed by atoms with Crippen molar-refractivity contribution in [2.45, 2.75) is 66.4 Å². The molecule has 0 fully saturated rings. The van der Waals surface area contributed by atoms with E-state index in [1.165, 1.54) is 12.8 Å². The molecular formula is C11H26O. The van der Waals surface area contributed by atoms with E-state index in [-0.39, 0.29) is 6.10 Å². The summed E-state index contributed by atoms with van der Waals surface area (Å²) < 4.78 is 0. The maximum atomic E-state index is 9.20. The predicted octanol–water partition coefficient (Wildman–Crippen LogP) is 3.61. The highest BCUT2D eigenvalue weighted by Crippen LogP contribution is 2.12. The highest BCUT2D eigenvalue weighted by Gasteiger charge is 2.03. The van der Waals surface area contributed by atoms with E-state index in [0.29, 0.717) is 0 Å². The van der Waals surface area contributed by atoms with Crippen molar-refractivity contribution in [3.05, 3.63) is 0 Å². The highest BCUT2D eigenvalue weighted by atomic mass is 16.3. The second kappa shape index (κ2) is 11.0. The Kier molecular flexibility index (Phi) is 13.2. The van der Waals surface area contributed by atoms with Crippen molar-refractivity contribution < 1.29 is 5.11 Å². The molecule has 1 nitrogen and oxygen atoms in total. The van der Waals surface area contributed by atoms with Crippen LogP contribution in [0.3, 0.4) is 0 Å². The molecule has 2 atom stereocenters. The first kappa shape index (κ1) is 14.5. The van der Waals surface area contributed by atoms with Gasteiger partial charge in [-0.1, -0.05) is 41.0 Å². The van der Waals surface area contributed by atoms with E-state index in [0.717, 1.165) is 18.8 Å². The molecule has 12 heavy (non-hydrogen) atoms. The van der Waals surface area contributed by atoms with Crippen molar-refractivity contribution in [2.75, 3.05) is 0 Å². The van der Waals surface area contributed by atoms with Crippen LogP contribution >= 0.6 is 0 Å². The summed E-state index contributed by atoms with van der Waals surface area (Å²) in [6.07, 6.45) is 4.22. The van der Waals surface area contributed by atoms with E-state index in [1.807, 2.05) is 20.8 Å². The van der Waals surface area contributed by atoms with E-state index in [4.69, 9.17) is 0 Å². The molecule has 76 valence electrons. The van der Waals surface area contributed by atoms with Gasteiger partial charge in [0, 0.05) is 0 Å². The molecule has 0 saturated carbocycles. The minimum absolute atomic E-state index is 0.0611. The molecule has 0 aliphatic rings. The maximum absolute atomic E-state index is 9.20. The molecule has 0 aromatic carbocycles. The van der Waals surface area contributed by atoms with Crippen molar-refractivity contribution in [3.8, 4) is 0 Å². The molecule has 1 N–H and O–H groups in total. The first-order valence-electron chi connectivity index (χ1n) is 5.38. The molecular weight excluding hydrogens is 148 g/mol. The van der Waals surface area contributed by atoms with E-state index in [2.05, 4.69) is 13.8 Å². The molecule has 0 saturated heterocycles. The van der Waals surface area contributed by atoms with Gasteiger partial charge >= 0.3 is 0 Å². The Hall–Kier alpha value is -0.0400. The summed E-state index contributed by atoms with van der Waals surface area (Å²) in [6, 6.07) is 0. The zero-order valence-corrected chi connectivity index (χ0v) is 9.43. The number of rotatable bonds is 5. The summed E-state index contributed by atoms with van der Waals surface area (Å²) in [5.41, 5.74) is 0. The monoisotopic (exact) mass is 174 g/mol. The molecule has 0 aliphatic heterocycles. The molecule has 1 heteroatoms. The third-order valence-electron chi connectivity index (χ3n) is 2.16. The molecule has 2 unspecified atom stereocenters. The third-order valence-corrected chi connectivity index (χ3v) is 2.16. The van der Waals surface area contributed by atoms with Crippen LogP contribution in [0.15, 0.2) is 0 Å². The van der Waals surface area contributed by atoms with Gasteiger partial charge in [0.15, 0.2) is 0 Å². The quantitative estimate of drug-likeness (QED) is 0.675. The van der Waals surface area contributed by atoms with Gasteiger partial charge in [-0.2, -0.15) is 0 Å². The lowest BCUT2D eigenvalue weighted by molar-refractivity contribution is 0.151. The van der Waals surface area contributed by atoms with Crippen molar-refractivity contribution in [1.82, 2.24) is 0 Å². The maximum Gasteiger partial charge on any atom is 0.0537 e. The van der Waals surface area contributed by atoms with Gasteiger partial charge < -0.3 is 5.11 Å². The average molecular weight is 174 g/mol. The zero-order valence-electron chi connectivity index (χ0n) is 9.43. The second-order valence-corrected chi connectivity index (χ2v) is 3.15. The van der Waals surface area contributed by atoms with Gasteiger partial charge in [-0.15, -0.1) is 0 Å². The Balaban J connectivity index is 0. The Morgan fingerprint density at radius 2 is 1.50 bits per heavy atom. The van der Waals surface area contributed by atoms with Gasteiger partial charge in [0.2, 0.25) is 0 Å². The van der Waals surface area contributed by atoms with Crippen LogP contribution in [0.5, 0.6) is 0 Å².